The van der Waals surface area contributed by atoms with Crippen LogP contribution in [0.15, 0.2) is 79.4 Å². The number of carbonyl (C=O) groups excluding carboxylic acids is 1. The number of pyridine rings is 1. The van der Waals surface area contributed by atoms with Crippen molar-refractivity contribution in [3.8, 4) is 0 Å². The fraction of sp³-hybridized carbons (Fsp3) is 0.250. The van der Waals surface area contributed by atoms with Gasteiger partial charge in [0, 0.05) is 30.9 Å². The molecule has 0 saturated carbocycles. The van der Waals surface area contributed by atoms with E-state index in [1.54, 1.807) is 29.2 Å². The zero-order valence-electron chi connectivity index (χ0n) is 20.3. The lowest BCUT2D eigenvalue weighted by Crippen LogP contribution is -2.32. The molecule has 2 aromatic heterocycles. The molecule has 1 fully saturated rings. The quantitative estimate of drug-likeness (QED) is 0.309. The van der Waals surface area contributed by atoms with Gasteiger partial charge in [-0.15, -0.1) is 0 Å². The summed E-state index contributed by atoms with van der Waals surface area (Å²) < 4.78 is 14.5. The maximum Gasteiger partial charge on any atom is 0.253 e. The minimum Gasteiger partial charge on any atom is -0.392 e. The van der Waals surface area contributed by atoms with Crippen LogP contribution in [0, 0.1) is 0 Å². The van der Waals surface area contributed by atoms with Crippen molar-refractivity contribution in [1.82, 2.24) is 19.9 Å². The van der Waals surface area contributed by atoms with Gasteiger partial charge in [-0.25, -0.2) is 4.98 Å². The van der Waals surface area contributed by atoms with Crippen molar-refractivity contribution < 1.29 is 19.4 Å². The molecule has 38 heavy (non-hydrogen) atoms. The molecule has 1 amide bonds. The molecular formula is C28H26Cl2N4O4. The Bertz CT molecular complexity index is 1360. The van der Waals surface area contributed by atoms with E-state index in [4.69, 9.17) is 32.7 Å². The Labute approximate surface area is 230 Å². The van der Waals surface area contributed by atoms with Crippen LogP contribution in [-0.4, -0.2) is 31.7 Å². The van der Waals surface area contributed by atoms with Crippen LogP contribution >= 0.6 is 23.2 Å². The van der Waals surface area contributed by atoms with Crippen LogP contribution in [-0.2, 0) is 29.2 Å². The normalized spacial score (nSPS) is 19.3. The van der Waals surface area contributed by atoms with Gasteiger partial charge < -0.3 is 24.5 Å². The molecule has 10 heteroatoms. The second kappa shape index (κ2) is 12.1. The Balaban J connectivity index is 1.30. The van der Waals surface area contributed by atoms with Gasteiger partial charge in [-0.2, -0.15) is 0 Å². The van der Waals surface area contributed by atoms with E-state index >= 15 is 0 Å². The molecule has 0 unspecified atom stereocenters. The zero-order valence-corrected chi connectivity index (χ0v) is 21.8. The van der Waals surface area contributed by atoms with E-state index in [2.05, 4.69) is 15.3 Å². The highest BCUT2D eigenvalue weighted by Crippen LogP contribution is 2.39. The highest BCUT2D eigenvalue weighted by molar-refractivity contribution is 6.40. The standard InChI is InChI=1S/C28H26Cl2N4O4/c29-25-26(30)34(17-33-25)15-23-12-24(20-7-5-19(16-35)6-8-20)38-28(37-23)21-9-3-18(4-10-21)13-32-27(36)22-2-1-11-31-14-22/h1-11,14,17,23-24,28,35H,12-13,15-16H2,(H,32,36)/t23-,24+,28+/m0/s1. The van der Waals surface area contributed by atoms with Crippen LogP contribution < -0.4 is 5.32 Å². The third kappa shape index (κ3) is 6.23. The highest BCUT2D eigenvalue weighted by atomic mass is 35.5. The number of aromatic nitrogens is 3. The van der Waals surface area contributed by atoms with Crippen molar-refractivity contribution in [2.45, 2.75) is 44.6 Å². The summed E-state index contributed by atoms with van der Waals surface area (Å²) in [6.45, 7) is 0.819. The predicted octanol–water partition coefficient (Wildman–Crippen LogP) is 5.25. The van der Waals surface area contributed by atoms with Gasteiger partial charge in [0.1, 0.15) is 5.15 Å². The van der Waals surface area contributed by atoms with Crippen LogP contribution in [0.2, 0.25) is 10.3 Å². The molecule has 3 atom stereocenters. The maximum atomic E-state index is 12.3. The molecule has 2 aromatic carbocycles. The molecule has 8 nitrogen and oxygen atoms in total. The molecule has 5 rings (SSSR count). The molecule has 0 aliphatic carbocycles. The van der Waals surface area contributed by atoms with Gasteiger partial charge in [-0.3, -0.25) is 9.78 Å². The zero-order chi connectivity index (χ0) is 26.5. The second-order valence-electron chi connectivity index (χ2n) is 8.99. The Morgan fingerprint density at radius 2 is 1.76 bits per heavy atom. The van der Waals surface area contributed by atoms with Crippen LogP contribution in [0.3, 0.4) is 0 Å². The summed E-state index contributed by atoms with van der Waals surface area (Å²) in [6.07, 6.45) is 4.28. The number of hydrogen-bond acceptors (Lipinski definition) is 6. The van der Waals surface area contributed by atoms with E-state index in [1.807, 2.05) is 48.5 Å². The lowest BCUT2D eigenvalue weighted by Gasteiger charge is -2.36. The summed E-state index contributed by atoms with van der Waals surface area (Å²) >= 11 is 12.3. The first-order valence-electron chi connectivity index (χ1n) is 12.1. The number of halogens is 2. The minimum absolute atomic E-state index is 0.0188. The van der Waals surface area contributed by atoms with Gasteiger partial charge in [0.2, 0.25) is 0 Å². The number of imidazole rings is 1. The van der Waals surface area contributed by atoms with Gasteiger partial charge >= 0.3 is 0 Å². The lowest BCUT2D eigenvalue weighted by molar-refractivity contribution is -0.252. The van der Waals surface area contributed by atoms with Gasteiger partial charge in [0.15, 0.2) is 11.4 Å². The van der Waals surface area contributed by atoms with Crippen molar-refractivity contribution in [2.75, 3.05) is 0 Å². The lowest BCUT2D eigenvalue weighted by atomic mass is 10.00. The first-order chi connectivity index (χ1) is 18.5. The Morgan fingerprint density at radius 1 is 1.03 bits per heavy atom. The van der Waals surface area contributed by atoms with Gasteiger partial charge in [0.05, 0.1) is 37.3 Å². The summed E-state index contributed by atoms with van der Waals surface area (Å²) in [4.78, 5) is 20.4. The van der Waals surface area contributed by atoms with E-state index in [0.717, 1.165) is 22.3 Å². The molecule has 0 spiro atoms. The number of hydrogen-bond donors (Lipinski definition) is 2. The maximum absolute atomic E-state index is 12.3. The van der Waals surface area contributed by atoms with Crippen LogP contribution in [0.25, 0.3) is 0 Å². The molecule has 0 bridgehead atoms. The smallest absolute Gasteiger partial charge is 0.253 e. The van der Waals surface area contributed by atoms with Crippen LogP contribution in [0.1, 0.15) is 51.4 Å². The SMILES string of the molecule is O=C(NCc1ccc([C@@H]2O[C@H](Cn3cnc(Cl)c3Cl)C[C@H](c3ccc(CO)cc3)O2)cc1)c1cccnc1. The molecule has 0 radical (unpaired) electrons. The molecule has 3 heterocycles. The second-order valence-corrected chi connectivity index (χ2v) is 9.71. The first-order valence-corrected chi connectivity index (χ1v) is 12.9. The van der Waals surface area contributed by atoms with E-state index in [9.17, 15) is 9.90 Å². The molecule has 1 aliphatic rings. The number of amides is 1. The van der Waals surface area contributed by atoms with E-state index in [0.29, 0.717) is 30.2 Å². The van der Waals surface area contributed by atoms with Crippen molar-refractivity contribution in [2.24, 2.45) is 0 Å². The number of aliphatic hydroxyl groups is 1. The average Bonchev–Trinajstić information content (AvgIpc) is 3.28. The Kier molecular flexibility index (Phi) is 8.36. The fourth-order valence-electron chi connectivity index (χ4n) is 4.30. The van der Waals surface area contributed by atoms with Crippen molar-refractivity contribution in [1.29, 1.82) is 0 Å². The van der Waals surface area contributed by atoms with Crippen LogP contribution in [0.4, 0.5) is 0 Å². The number of rotatable bonds is 8. The van der Waals surface area contributed by atoms with Crippen molar-refractivity contribution in [3.63, 3.8) is 0 Å². The monoisotopic (exact) mass is 552 g/mol. The Hall–Kier alpha value is -3.27. The summed E-state index contributed by atoms with van der Waals surface area (Å²) in [7, 11) is 0. The van der Waals surface area contributed by atoms with E-state index in [-0.39, 0.29) is 29.9 Å². The molecule has 1 aliphatic heterocycles. The van der Waals surface area contributed by atoms with Gasteiger partial charge in [-0.1, -0.05) is 71.7 Å². The van der Waals surface area contributed by atoms with Crippen LogP contribution in [0.5, 0.6) is 0 Å². The molecule has 2 N–H and O–H groups in total. The molecular weight excluding hydrogens is 527 g/mol. The number of nitrogens with zero attached hydrogens (tertiary/aromatic N) is 3. The first kappa shape index (κ1) is 26.3. The molecule has 1 saturated heterocycles. The summed E-state index contributed by atoms with van der Waals surface area (Å²) in [6, 6.07) is 18.9. The van der Waals surface area contributed by atoms with E-state index < -0.39 is 6.29 Å². The Morgan fingerprint density at radius 3 is 2.42 bits per heavy atom. The van der Waals surface area contributed by atoms with Gasteiger partial charge in [-0.05, 0) is 28.8 Å². The summed E-state index contributed by atoms with van der Waals surface area (Å²) in [5, 5.41) is 12.9. The number of benzene rings is 2. The highest BCUT2D eigenvalue weighted by Gasteiger charge is 2.32. The predicted molar refractivity (Wildman–Crippen MR) is 143 cm³/mol. The third-order valence-corrected chi connectivity index (χ3v) is 7.15. The largest absolute Gasteiger partial charge is 0.392 e. The summed E-state index contributed by atoms with van der Waals surface area (Å²) in [5.41, 5.74) is 4.12. The van der Waals surface area contributed by atoms with Crippen molar-refractivity contribution in [3.05, 3.63) is 118 Å². The number of nitrogens with one attached hydrogen (secondary N) is 1. The fourth-order valence-corrected chi connectivity index (χ4v) is 4.61. The number of ether oxygens (including phenoxy) is 2. The average molecular weight is 553 g/mol. The topological polar surface area (TPSA) is 98.5 Å². The number of aliphatic hydroxyl groups excluding tert-OH is 1. The van der Waals surface area contributed by atoms with Crippen molar-refractivity contribution >= 4 is 29.1 Å². The summed E-state index contributed by atoms with van der Waals surface area (Å²) in [5.74, 6) is -0.183. The third-order valence-electron chi connectivity index (χ3n) is 6.38. The molecule has 196 valence electrons. The van der Waals surface area contributed by atoms with E-state index in [1.165, 1.54) is 6.20 Å². The van der Waals surface area contributed by atoms with Gasteiger partial charge in [0.25, 0.3) is 5.91 Å². The number of carbonyl (C=O) groups is 1. The minimum atomic E-state index is -0.618. The molecule has 4 aromatic rings.